The number of nitrogens with one attached hydrogen (secondary N) is 1. The second-order valence-electron chi connectivity index (χ2n) is 4.26. The smallest absolute Gasteiger partial charge is 0.370 e. The van der Waals surface area contributed by atoms with Crippen molar-refractivity contribution in [1.29, 1.82) is 0 Å². The third kappa shape index (κ3) is 5.86. The number of nitrogens with zero attached hydrogens (tertiary/aromatic N) is 2. The van der Waals surface area contributed by atoms with Crippen molar-refractivity contribution in [2.45, 2.75) is 26.1 Å². The Balaban J connectivity index is 2.56. The van der Waals surface area contributed by atoms with Gasteiger partial charge in [0, 0.05) is 19.3 Å². The Morgan fingerprint density at radius 3 is 2.72 bits per heavy atom. The van der Waals surface area contributed by atoms with Crippen LogP contribution in [0.2, 0.25) is 0 Å². The molecule has 0 fully saturated rings. The summed E-state index contributed by atoms with van der Waals surface area (Å²) in [5.41, 5.74) is 0.815. The van der Waals surface area contributed by atoms with Crippen molar-refractivity contribution < 1.29 is 13.2 Å². The first-order valence-electron chi connectivity index (χ1n) is 5.85. The van der Waals surface area contributed by atoms with Crippen LogP contribution < -0.4 is 5.32 Å². The Hall–Kier alpha value is -1.30. The topological polar surface area (TPSA) is 28.2 Å². The summed E-state index contributed by atoms with van der Waals surface area (Å²) in [6, 6.07) is 3.51. The first-order valence-corrected chi connectivity index (χ1v) is 5.85. The quantitative estimate of drug-likeness (QED) is 0.853. The van der Waals surface area contributed by atoms with E-state index < -0.39 is 12.7 Å². The van der Waals surface area contributed by atoms with Gasteiger partial charge in [-0.1, -0.05) is 6.92 Å². The number of hydrogen-bond acceptors (Lipinski definition) is 3. The molecule has 6 heteroatoms. The van der Waals surface area contributed by atoms with Gasteiger partial charge >= 0.3 is 6.18 Å². The van der Waals surface area contributed by atoms with Gasteiger partial charge in [0.15, 0.2) is 0 Å². The van der Waals surface area contributed by atoms with Crippen molar-refractivity contribution in [1.82, 2.24) is 9.88 Å². The van der Waals surface area contributed by atoms with E-state index in [1.165, 1.54) is 11.9 Å². The molecular weight excluding hydrogens is 243 g/mol. The molecule has 1 aromatic rings. The van der Waals surface area contributed by atoms with Crippen LogP contribution in [0.25, 0.3) is 0 Å². The summed E-state index contributed by atoms with van der Waals surface area (Å²) in [5.74, 6) is 0.703. The van der Waals surface area contributed by atoms with Gasteiger partial charge in [0.2, 0.25) is 0 Å². The predicted molar refractivity (Wildman–Crippen MR) is 65.4 cm³/mol. The van der Waals surface area contributed by atoms with Crippen molar-refractivity contribution >= 4 is 5.82 Å². The van der Waals surface area contributed by atoms with Crippen molar-refractivity contribution in [3.05, 3.63) is 23.9 Å². The molecular formula is C12H18F3N3. The normalized spacial score (nSPS) is 11.9. The molecule has 0 bridgehead atoms. The van der Waals surface area contributed by atoms with E-state index in [0.717, 1.165) is 18.5 Å². The van der Waals surface area contributed by atoms with Crippen molar-refractivity contribution in [3.63, 3.8) is 0 Å². The van der Waals surface area contributed by atoms with E-state index in [9.17, 15) is 13.2 Å². The number of pyridine rings is 1. The number of anilines is 1. The van der Waals surface area contributed by atoms with Gasteiger partial charge in [0.25, 0.3) is 0 Å². The molecule has 0 amide bonds. The largest absolute Gasteiger partial charge is 0.401 e. The van der Waals surface area contributed by atoms with Gasteiger partial charge in [-0.2, -0.15) is 13.2 Å². The maximum Gasteiger partial charge on any atom is 0.401 e. The highest BCUT2D eigenvalue weighted by molar-refractivity contribution is 5.37. The lowest BCUT2D eigenvalue weighted by Gasteiger charge is -2.18. The summed E-state index contributed by atoms with van der Waals surface area (Å²) in [6.45, 7) is 2.18. The van der Waals surface area contributed by atoms with Gasteiger partial charge in [-0.25, -0.2) is 4.98 Å². The molecule has 1 N–H and O–H groups in total. The van der Waals surface area contributed by atoms with Crippen molar-refractivity contribution in [2.75, 3.05) is 25.5 Å². The van der Waals surface area contributed by atoms with E-state index in [1.807, 2.05) is 6.92 Å². The molecule has 0 aliphatic rings. The molecule has 18 heavy (non-hydrogen) atoms. The Morgan fingerprint density at radius 2 is 2.11 bits per heavy atom. The third-order valence-corrected chi connectivity index (χ3v) is 2.28. The molecule has 0 aliphatic carbocycles. The summed E-state index contributed by atoms with van der Waals surface area (Å²) in [6.07, 6.45) is -1.58. The molecule has 3 nitrogen and oxygen atoms in total. The fraction of sp³-hybridized carbons (Fsp3) is 0.583. The SMILES string of the molecule is CCCNc1cc(CN(C)CC(F)(F)F)ccn1. The maximum absolute atomic E-state index is 12.2. The molecule has 0 unspecified atom stereocenters. The van der Waals surface area contributed by atoms with E-state index in [4.69, 9.17) is 0 Å². The number of alkyl halides is 3. The minimum absolute atomic E-state index is 0.253. The molecule has 0 radical (unpaired) electrons. The van der Waals surface area contributed by atoms with Crippen molar-refractivity contribution in [3.8, 4) is 0 Å². The lowest BCUT2D eigenvalue weighted by Crippen LogP contribution is -2.30. The zero-order valence-electron chi connectivity index (χ0n) is 10.6. The summed E-state index contributed by atoms with van der Waals surface area (Å²) in [5, 5.41) is 3.10. The molecule has 0 spiro atoms. The van der Waals surface area contributed by atoms with Gasteiger partial charge in [0.1, 0.15) is 5.82 Å². The fourth-order valence-electron chi connectivity index (χ4n) is 1.60. The molecule has 0 aliphatic heterocycles. The number of hydrogen-bond donors (Lipinski definition) is 1. The summed E-state index contributed by atoms with van der Waals surface area (Å²) in [4.78, 5) is 5.34. The van der Waals surface area contributed by atoms with Crippen molar-refractivity contribution in [2.24, 2.45) is 0 Å². The molecule has 1 heterocycles. The first kappa shape index (κ1) is 14.8. The van der Waals surface area contributed by atoms with Crippen LogP contribution in [-0.4, -0.2) is 36.2 Å². The lowest BCUT2D eigenvalue weighted by molar-refractivity contribution is -0.144. The van der Waals surface area contributed by atoms with Gasteiger partial charge in [0.05, 0.1) is 6.54 Å². The second-order valence-corrected chi connectivity index (χ2v) is 4.26. The van der Waals surface area contributed by atoms with Crippen LogP contribution in [-0.2, 0) is 6.54 Å². The van der Waals surface area contributed by atoms with E-state index in [-0.39, 0.29) is 6.54 Å². The van der Waals surface area contributed by atoms with E-state index in [0.29, 0.717) is 5.82 Å². The zero-order valence-corrected chi connectivity index (χ0v) is 10.6. The summed E-state index contributed by atoms with van der Waals surface area (Å²) >= 11 is 0. The number of aromatic nitrogens is 1. The van der Waals surface area contributed by atoms with Crippen LogP contribution in [0.1, 0.15) is 18.9 Å². The van der Waals surface area contributed by atoms with Crippen LogP contribution in [0.3, 0.4) is 0 Å². The van der Waals surface area contributed by atoms with Crippen LogP contribution >= 0.6 is 0 Å². The Labute approximate surface area is 105 Å². The highest BCUT2D eigenvalue weighted by atomic mass is 19.4. The maximum atomic E-state index is 12.2. The number of rotatable bonds is 6. The van der Waals surface area contributed by atoms with Crippen LogP contribution in [0, 0.1) is 0 Å². The van der Waals surface area contributed by atoms with Crippen LogP contribution in [0.15, 0.2) is 18.3 Å². The minimum atomic E-state index is -4.16. The summed E-state index contributed by atoms with van der Waals surface area (Å²) < 4.78 is 36.6. The first-order chi connectivity index (χ1) is 8.40. The molecule has 102 valence electrons. The Bertz CT molecular complexity index is 366. The highest BCUT2D eigenvalue weighted by Crippen LogP contribution is 2.17. The minimum Gasteiger partial charge on any atom is -0.370 e. The van der Waals surface area contributed by atoms with Crippen LogP contribution in [0.5, 0.6) is 0 Å². The molecule has 0 saturated heterocycles. The Morgan fingerprint density at radius 1 is 1.39 bits per heavy atom. The zero-order chi connectivity index (χ0) is 13.6. The average molecular weight is 261 g/mol. The molecule has 1 rings (SSSR count). The van der Waals surface area contributed by atoms with E-state index in [2.05, 4.69) is 10.3 Å². The van der Waals surface area contributed by atoms with Gasteiger partial charge in [-0.3, -0.25) is 4.90 Å². The molecule has 0 saturated carbocycles. The molecule has 1 aromatic heterocycles. The lowest BCUT2D eigenvalue weighted by atomic mass is 10.2. The van der Waals surface area contributed by atoms with E-state index >= 15 is 0 Å². The van der Waals surface area contributed by atoms with Gasteiger partial charge < -0.3 is 5.32 Å². The molecule has 0 atom stereocenters. The van der Waals surface area contributed by atoms with Gasteiger partial charge in [-0.05, 0) is 31.2 Å². The van der Waals surface area contributed by atoms with E-state index in [1.54, 1.807) is 18.3 Å². The predicted octanol–water partition coefficient (Wildman–Crippen LogP) is 2.90. The molecule has 0 aromatic carbocycles. The van der Waals surface area contributed by atoms with Crippen LogP contribution in [0.4, 0.5) is 19.0 Å². The monoisotopic (exact) mass is 261 g/mol. The summed E-state index contributed by atoms with van der Waals surface area (Å²) in [7, 11) is 1.45. The van der Waals surface area contributed by atoms with Gasteiger partial charge in [-0.15, -0.1) is 0 Å². The highest BCUT2D eigenvalue weighted by Gasteiger charge is 2.29. The average Bonchev–Trinajstić information content (AvgIpc) is 2.24. The fourth-order valence-corrected chi connectivity index (χ4v) is 1.60. The number of halogens is 3. The standard InChI is InChI=1S/C12H18F3N3/c1-3-5-16-11-7-10(4-6-17-11)8-18(2)9-12(13,14)15/h4,6-7H,3,5,8-9H2,1-2H3,(H,16,17). The second kappa shape index (κ2) is 6.58. The Kier molecular flexibility index (Phi) is 5.40. The third-order valence-electron chi connectivity index (χ3n) is 2.28.